The zero-order valence-electron chi connectivity index (χ0n) is 11.5. The molecule has 1 aromatic carbocycles. The molecule has 2 aromatic heterocycles. The Labute approximate surface area is 129 Å². The molecule has 3 aromatic rings. The predicted octanol–water partition coefficient (Wildman–Crippen LogP) is 3.33. The molecule has 0 amide bonds. The van der Waals surface area contributed by atoms with E-state index >= 15 is 0 Å². The summed E-state index contributed by atoms with van der Waals surface area (Å²) >= 11 is 2.84. The summed E-state index contributed by atoms with van der Waals surface area (Å²) in [6.45, 7) is 4.01. The number of rotatable bonds is 4. The van der Waals surface area contributed by atoms with Crippen molar-refractivity contribution in [3.8, 4) is 11.5 Å². The van der Waals surface area contributed by atoms with Gasteiger partial charge in [-0.3, -0.25) is 0 Å². The fourth-order valence-corrected chi connectivity index (χ4v) is 3.57. The molecule has 108 valence electrons. The Morgan fingerprint density at radius 2 is 2.10 bits per heavy atom. The molecule has 0 radical (unpaired) electrons. The molecule has 0 spiro atoms. The molecule has 6 nitrogen and oxygen atoms in total. The Kier molecular flexibility index (Phi) is 3.89. The number of benzene rings is 1. The quantitative estimate of drug-likeness (QED) is 0.737. The lowest BCUT2D eigenvalue weighted by molar-refractivity contribution is 0.509. The van der Waals surface area contributed by atoms with E-state index in [0.29, 0.717) is 16.9 Å². The van der Waals surface area contributed by atoms with Crippen LogP contribution in [0.1, 0.15) is 23.6 Å². The average Bonchev–Trinajstić information content (AvgIpc) is 3.08. The van der Waals surface area contributed by atoms with E-state index in [9.17, 15) is 0 Å². The fourth-order valence-electron chi connectivity index (χ4n) is 1.76. The molecule has 21 heavy (non-hydrogen) atoms. The first-order valence-corrected chi connectivity index (χ1v) is 7.97. The van der Waals surface area contributed by atoms with Crippen LogP contribution in [0.15, 0.2) is 33.0 Å². The highest BCUT2D eigenvalue weighted by Crippen LogP contribution is 2.36. The van der Waals surface area contributed by atoms with Gasteiger partial charge in [0.15, 0.2) is 4.34 Å². The van der Waals surface area contributed by atoms with E-state index < -0.39 is 0 Å². The van der Waals surface area contributed by atoms with Crippen LogP contribution in [-0.2, 0) is 0 Å². The monoisotopic (exact) mass is 319 g/mol. The van der Waals surface area contributed by atoms with Crippen LogP contribution in [0, 0.1) is 6.92 Å². The van der Waals surface area contributed by atoms with Crippen molar-refractivity contribution in [3.63, 3.8) is 0 Å². The second-order valence-corrected chi connectivity index (χ2v) is 7.08. The largest absolute Gasteiger partial charge is 0.419 e. The molecule has 8 heteroatoms. The van der Waals surface area contributed by atoms with Crippen LogP contribution in [0.3, 0.4) is 0 Å². The van der Waals surface area contributed by atoms with Gasteiger partial charge in [-0.1, -0.05) is 40.8 Å². The predicted molar refractivity (Wildman–Crippen MR) is 83.1 cm³/mol. The van der Waals surface area contributed by atoms with Crippen molar-refractivity contribution in [2.45, 2.75) is 23.4 Å². The minimum absolute atomic E-state index is 0.0107. The first kappa shape index (κ1) is 14.0. The van der Waals surface area contributed by atoms with Gasteiger partial charge in [-0.05, 0) is 26.0 Å². The zero-order chi connectivity index (χ0) is 14.8. The lowest BCUT2D eigenvalue weighted by Crippen LogP contribution is -1.88. The summed E-state index contributed by atoms with van der Waals surface area (Å²) in [6, 6.07) is 7.96. The van der Waals surface area contributed by atoms with Crippen LogP contribution < -0.4 is 5.73 Å². The maximum absolute atomic E-state index is 5.75. The van der Waals surface area contributed by atoms with E-state index in [2.05, 4.69) is 20.4 Å². The third-order valence-electron chi connectivity index (χ3n) is 2.75. The first-order valence-electron chi connectivity index (χ1n) is 6.28. The summed E-state index contributed by atoms with van der Waals surface area (Å²) in [6.07, 6.45) is 0. The van der Waals surface area contributed by atoms with Crippen molar-refractivity contribution < 1.29 is 4.42 Å². The number of nitrogen functional groups attached to an aromatic ring is 1. The molecule has 0 aliphatic carbocycles. The van der Waals surface area contributed by atoms with Gasteiger partial charge in [0.2, 0.25) is 16.9 Å². The molecule has 3 rings (SSSR count). The molecule has 0 saturated carbocycles. The maximum atomic E-state index is 5.75. The van der Waals surface area contributed by atoms with Gasteiger partial charge in [-0.2, -0.15) is 0 Å². The van der Waals surface area contributed by atoms with E-state index in [-0.39, 0.29) is 5.25 Å². The Morgan fingerprint density at radius 3 is 2.81 bits per heavy atom. The van der Waals surface area contributed by atoms with Gasteiger partial charge in [0, 0.05) is 5.56 Å². The van der Waals surface area contributed by atoms with Gasteiger partial charge >= 0.3 is 0 Å². The van der Waals surface area contributed by atoms with Gasteiger partial charge in [-0.15, -0.1) is 20.4 Å². The maximum Gasteiger partial charge on any atom is 0.247 e. The Morgan fingerprint density at radius 1 is 1.24 bits per heavy atom. The number of aromatic nitrogens is 4. The van der Waals surface area contributed by atoms with Crippen molar-refractivity contribution in [2.24, 2.45) is 0 Å². The van der Waals surface area contributed by atoms with Gasteiger partial charge < -0.3 is 10.2 Å². The van der Waals surface area contributed by atoms with E-state index in [0.717, 1.165) is 15.5 Å². The minimum Gasteiger partial charge on any atom is -0.419 e. The molecule has 0 aliphatic rings. The van der Waals surface area contributed by atoms with E-state index in [1.165, 1.54) is 23.1 Å². The van der Waals surface area contributed by atoms with E-state index in [1.807, 2.05) is 38.1 Å². The molecule has 2 heterocycles. The summed E-state index contributed by atoms with van der Waals surface area (Å²) in [5.74, 6) is 1.09. The second-order valence-electron chi connectivity index (χ2n) is 4.48. The van der Waals surface area contributed by atoms with Crippen LogP contribution in [-0.4, -0.2) is 20.4 Å². The summed E-state index contributed by atoms with van der Waals surface area (Å²) in [7, 11) is 0. The fraction of sp³-hybridized carbons (Fsp3) is 0.231. The van der Waals surface area contributed by atoms with Crippen molar-refractivity contribution in [2.75, 3.05) is 5.73 Å². The van der Waals surface area contributed by atoms with Gasteiger partial charge in [-0.25, -0.2) is 0 Å². The average molecular weight is 319 g/mol. The molecule has 0 aliphatic heterocycles. The number of thioether (sulfide) groups is 1. The van der Waals surface area contributed by atoms with E-state index in [1.54, 1.807) is 0 Å². The third kappa shape index (κ3) is 3.22. The van der Waals surface area contributed by atoms with E-state index in [4.69, 9.17) is 10.2 Å². The molecule has 0 bridgehead atoms. The topological polar surface area (TPSA) is 90.7 Å². The summed E-state index contributed by atoms with van der Waals surface area (Å²) < 4.78 is 6.53. The highest BCUT2D eigenvalue weighted by Gasteiger charge is 2.18. The van der Waals surface area contributed by atoms with Crippen molar-refractivity contribution in [1.29, 1.82) is 0 Å². The zero-order valence-corrected chi connectivity index (χ0v) is 13.1. The van der Waals surface area contributed by atoms with Gasteiger partial charge in [0.1, 0.15) is 0 Å². The summed E-state index contributed by atoms with van der Waals surface area (Å²) in [4.78, 5) is 0. The van der Waals surface area contributed by atoms with Crippen LogP contribution in [0.25, 0.3) is 11.5 Å². The molecule has 0 unspecified atom stereocenters. The Hall–Kier alpha value is -1.93. The number of hydrogen-bond donors (Lipinski definition) is 1. The highest BCUT2D eigenvalue weighted by molar-refractivity contribution is 8.01. The van der Waals surface area contributed by atoms with Gasteiger partial charge in [0.25, 0.3) is 0 Å². The van der Waals surface area contributed by atoms with Crippen LogP contribution in [0.4, 0.5) is 5.13 Å². The smallest absolute Gasteiger partial charge is 0.247 e. The molecular weight excluding hydrogens is 306 g/mol. The Balaban J connectivity index is 1.78. The first-order chi connectivity index (χ1) is 10.1. The molecule has 0 saturated heterocycles. The number of aryl methyl sites for hydroxylation is 1. The molecular formula is C13H13N5OS2. The summed E-state index contributed by atoms with van der Waals surface area (Å²) in [5.41, 5.74) is 7.64. The van der Waals surface area contributed by atoms with Gasteiger partial charge in [0.05, 0.1) is 5.25 Å². The normalized spacial score (nSPS) is 12.5. The molecule has 0 fully saturated rings. The lowest BCUT2D eigenvalue weighted by atomic mass is 10.1. The van der Waals surface area contributed by atoms with Crippen molar-refractivity contribution in [3.05, 3.63) is 35.7 Å². The number of nitrogens with zero attached hydrogens (tertiary/aromatic N) is 4. The molecule has 1 atom stereocenters. The number of hydrogen-bond acceptors (Lipinski definition) is 8. The standard InChI is InChI=1S/C13H13N5OS2/c1-7-4-3-5-9(6-7)11-16-15-10(19-11)8(2)20-13-18-17-12(14)21-13/h3-6,8H,1-2H3,(H2,14,17)/t8-/m0/s1. The van der Waals surface area contributed by atoms with Crippen LogP contribution in [0.2, 0.25) is 0 Å². The summed E-state index contributed by atoms with van der Waals surface area (Å²) in [5, 5.41) is 16.4. The van der Waals surface area contributed by atoms with Crippen molar-refractivity contribution >= 4 is 28.2 Å². The molecule has 2 N–H and O–H groups in total. The highest BCUT2D eigenvalue weighted by atomic mass is 32.2. The minimum atomic E-state index is -0.0107. The third-order valence-corrected chi connectivity index (χ3v) is 4.68. The Bertz CT molecular complexity index is 754. The number of anilines is 1. The number of nitrogens with two attached hydrogens (primary N) is 1. The van der Waals surface area contributed by atoms with Crippen molar-refractivity contribution in [1.82, 2.24) is 20.4 Å². The van der Waals surface area contributed by atoms with Crippen LogP contribution in [0.5, 0.6) is 0 Å². The SMILES string of the molecule is Cc1cccc(-c2nnc([C@H](C)Sc3nnc(N)s3)o2)c1. The van der Waals surface area contributed by atoms with Crippen LogP contribution >= 0.6 is 23.1 Å². The second kappa shape index (κ2) is 5.82. The lowest BCUT2D eigenvalue weighted by Gasteiger charge is -2.02.